The molecule has 4 unspecified atom stereocenters. The van der Waals surface area contributed by atoms with E-state index in [0.717, 1.165) is 11.8 Å². The number of hydrogen-bond donors (Lipinski definition) is 1. The lowest BCUT2D eigenvalue weighted by molar-refractivity contribution is -0.133. The zero-order valence-corrected chi connectivity index (χ0v) is 11.7. The molecule has 0 aromatic carbocycles. The van der Waals surface area contributed by atoms with Crippen molar-refractivity contribution in [3.63, 3.8) is 0 Å². The molecule has 6 nitrogen and oxygen atoms in total. The van der Waals surface area contributed by atoms with Gasteiger partial charge in [-0.3, -0.25) is 4.79 Å². The van der Waals surface area contributed by atoms with Crippen molar-refractivity contribution in [2.45, 2.75) is 43.8 Å². The molecule has 2 fully saturated rings. The molecule has 3 rings (SSSR count). The molecule has 0 spiro atoms. The lowest BCUT2D eigenvalue weighted by atomic mass is 9.84. The molecule has 1 aromatic rings. The van der Waals surface area contributed by atoms with Crippen molar-refractivity contribution < 1.29 is 9.90 Å². The molecule has 1 N–H and O–H groups in total. The Morgan fingerprint density at radius 3 is 3.00 bits per heavy atom. The Kier molecular flexibility index (Phi) is 3.47. The number of rotatable bonds is 5. The highest BCUT2D eigenvalue weighted by atomic mass is 32.2. The minimum atomic E-state index is -0.841. The van der Waals surface area contributed by atoms with E-state index in [4.69, 9.17) is 5.11 Å². The van der Waals surface area contributed by atoms with Crippen molar-refractivity contribution in [1.29, 1.82) is 0 Å². The van der Waals surface area contributed by atoms with Crippen molar-refractivity contribution in [2.24, 2.45) is 17.8 Å². The molecule has 2 aliphatic carbocycles. The average Bonchev–Trinajstić information content (AvgIpc) is 3.10. The summed E-state index contributed by atoms with van der Waals surface area (Å²) >= 11 is 1.20. The minimum Gasteiger partial charge on any atom is -0.481 e. The summed E-state index contributed by atoms with van der Waals surface area (Å²) in [5, 5.41) is 21.1. The van der Waals surface area contributed by atoms with E-state index in [0.29, 0.717) is 11.1 Å². The molecule has 4 atom stereocenters. The number of carbonyl (C=O) groups is 1. The van der Waals surface area contributed by atoms with Crippen LogP contribution in [0.4, 0.5) is 0 Å². The molecule has 0 amide bonds. The van der Waals surface area contributed by atoms with E-state index >= 15 is 0 Å². The summed E-state index contributed by atoms with van der Waals surface area (Å²) in [5.74, 6) is 1.51. The van der Waals surface area contributed by atoms with Crippen LogP contribution < -0.4 is 0 Å². The molecular weight excluding hydrogens is 264 g/mol. The van der Waals surface area contributed by atoms with Crippen LogP contribution >= 0.6 is 11.8 Å². The number of thioether (sulfide) groups is 1. The van der Waals surface area contributed by atoms with Crippen molar-refractivity contribution in [1.82, 2.24) is 20.2 Å². The highest BCUT2D eigenvalue weighted by molar-refractivity contribution is 7.99. The van der Waals surface area contributed by atoms with Crippen molar-refractivity contribution >= 4 is 17.7 Å². The molecule has 0 aliphatic heterocycles. The van der Waals surface area contributed by atoms with E-state index in [1.165, 1.54) is 37.4 Å². The molecule has 0 radical (unpaired) electrons. The first-order chi connectivity index (χ1) is 9.15. The van der Waals surface area contributed by atoms with Gasteiger partial charge in [0.25, 0.3) is 0 Å². The van der Waals surface area contributed by atoms with Gasteiger partial charge in [-0.15, -0.1) is 5.10 Å². The Morgan fingerprint density at radius 1 is 1.53 bits per heavy atom. The van der Waals surface area contributed by atoms with E-state index in [-0.39, 0.29) is 11.8 Å². The molecule has 19 heavy (non-hydrogen) atoms. The SMILES string of the molecule is CC(C1CC2CCC1C2)n1nnnc1SCC(=O)O. The summed E-state index contributed by atoms with van der Waals surface area (Å²) in [4.78, 5) is 10.6. The van der Waals surface area contributed by atoms with Gasteiger partial charge in [-0.1, -0.05) is 18.2 Å². The molecule has 2 saturated carbocycles. The van der Waals surface area contributed by atoms with Gasteiger partial charge in [-0.25, -0.2) is 4.68 Å². The summed E-state index contributed by atoms with van der Waals surface area (Å²) in [6.07, 6.45) is 5.34. The molecule has 2 bridgehead atoms. The van der Waals surface area contributed by atoms with Gasteiger partial charge >= 0.3 is 5.97 Å². The minimum absolute atomic E-state index is 0.00378. The van der Waals surface area contributed by atoms with E-state index in [1.807, 2.05) is 4.68 Å². The monoisotopic (exact) mass is 282 g/mol. The highest BCUT2D eigenvalue weighted by Gasteiger charge is 2.43. The highest BCUT2D eigenvalue weighted by Crippen LogP contribution is 2.52. The largest absolute Gasteiger partial charge is 0.481 e. The van der Waals surface area contributed by atoms with E-state index in [1.54, 1.807) is 0 Å². The van der Waals surface area contributed by atoms with Crippen LogP contribution in [0.25, 0.3) is 0 Å². The predicted molar refractivity (Wildman–Crippen MR) is 69.8 cm³/mol. The Labute approximate surface area is 115 Å². The first-order valence-electron chi connectivity index (χ1n) is 6.77. The van der Waals surface area contributed by atoms with Gasteiger partial charge in [0.05, 0.1) is 11.8 Å². The van der Waals surface area contributed by atoms with Crippen LogP contribution in [0.5, 0.6) is 0 Å². The third-order valence-corrected chi connectivity index (χ3v) is 5.50. The first-order valence-corrected chi connectivity index (χ1v) is 7.76. The lowest BCUT2D eigenvalue weighted by Gasteiger charge is -2.27. The molecule has 1 heterocycles. The van der Waals surface area contributed by atoms with Gasteiger partial charge in [0.15, 0.2) is 0 Å². The first kappa shape index (κ1) is 12.9. The van der Waals surface area contributed by atoms with Gasteiger partial charge < -0.3 is 5.11 Å². The van der Waals surface area contributed by atoms with Gasteiger partial charge in [0.1, 0.15) is 0 Å². The van der Waals surface area contributed by atoms with Crippen molar-refractivity contribution in [2.75, 3.05) is 5.75 Å². The number of tetrazole rings is 1. The van der Waals surface area contributed by atoms with Crippen molar-refractivity contribution in [3.05, 3.63) is 0 Å². The predicted octanol–water partition coefficient (Wildman–Crippen LogP) is 1.85. The Balaban J connectivity index is 1.71. The van der Waals surface area contributed by atoms with Gasteiger partial charge in [0.2, 0.25) is 5.16 Å². The fourth-order valence-electron chi connectivity index (χ4n) is 3.73. The summed E-state index contributed by atoms with van der Waals surface area (Å²) in [6.45, 7) is 2.16. The number of carboxylic acids is 1. The Morgan fingerprint density at radius 2 is 2.37 bits per heavy atom. The molecule has 7 heteroatoms. The maximum Gasteiger partial charge on any atom is 0.313 e. The van der Waals surface area contributed by atoms with Crippen molar-refractivity contribution in [3.8, 4) is 0 Å². The zero-order valence-electron chi connectivity index (χ0n) is 10.9. The number of aromatic nitrogens is 4. The number of nitrogens with zero attached hydrogens (tertiary/aromatic N) is 4. The summed E-state index contributed by atoms with van der Waals surface area (Å²) < 4.78 is 1.82. The van der Waals surface area contributed by atoms with Crippen LogP contribution in [0.3, 0.4) is 0 Å². The molecule has 1 aromatic heterocycles. The molecule has 104 valence electrons. The van der Waals surface area contributed by atoms with Crippen LogP contribution in [0.15, 0.2) is 5.16 Å². The van der Waals surface area contributed by atoms with Crippen LogP contribution in [-0.4, -0.2) is 37.0 Å². The van der Waals surface area contributed by atoms with E-state index in [9.17, 15) is 4.79 Å². The average molecular weight is 282 g/mol. The van der Waals surface area contributed by atoms with Gasteiger partial charge in [-0.2, -0.15) is 0 Å². The van der Waals surface area contributed by atoms with E-state index < -0.39 is 5.97 Å². The van der Waals surface area contributed by atoms with Gasteiger partial charge in [-0.05, 0) is 54.4 Å². The molecule has 0 saturated heterocycles. The smallest absolute Gasteiger partial charge is 0.313 e. The Bertz CT molecular complexity index is 478. The number of carboxylic acid groups (broad SMARTS) is 1. The second-order valence-electron chi connectivity index (χ2n) is 5.67. The maximum absolute atomic E-state index is 10.6. The fourth-order valence-corrected chi connectivity index (χ4v) is 4.41. The molecular formula is C12H18N4O2S. The third kappa shape index (κ3) is 2.48. The number of hydrogen-bond acceptors (Lipinski definition) is 5. The maximum atomic E-state index is 10.6. The van der Waals surface area contributed by atoms with Crippen LogP contribution in [0, 0.1) is 17.8 Å². The second kappa shape index (κ2) is 5.11. The van der Waals surface area contributed by atoms with Crippen LogP contribution in [0.1, 0.15) is 38.6 Å². The fraction of sp³-hybridized carbons (Fsp3) is 0.833. The number of fused-ring (bicyclic) bond motifs is 2. The summed E-state index contributed by atoms with van der Waals surface area (Å²) in [5.41, 5.74) is 0. The normalized spacial score (nSPS) is 30.7. The van der Waals surface area contributed by atoms with Gasteiger partial charge in [0, 0.05) is 0 Å². The number of aliphatic carboxylic acids is 1. The second-order valence-corrected chi connectivity index (χ2v) is 6.61. The molecule has 2 aliphatic rings. The van der Waals surface area contributed by atoms with Crippen LogP contribution in [0.2, 0.25) is 0 Å². The summed E-state index contributed by atoms with van der Waals surface area (Å²) in [7, 11) is 0. The quantitative estimate of drug-likeness (QED) is 0.830. The topological polar surface area (TPSA) is 80.9 Å². The zero-order chi connectivity index (χ0) is 13.4. The lowest BCUT2D eigenvalue weighted by Crippen LogP contribution is -2.23. The third-order valence-electron chi connectivity index (χ3n) is 4.59. The van der Waals surface area contributed by atoms with E-state index in [2.05, 4.69) is 22.4 Å². The standard InChI is InChI=1S/C12H18N4O2S/c1-7(10-5-8-2-3-9(10)4-8)16-12(13-14-15-16)19-6-11(17)18/h7-10H,2-6H2,1H3,(H,17,18). The van der Waals surface area contributed by atoms with Crippen LogP contribution in [-0.2, 0) is 4.79 Å². The summed E-state index contributed by atoms with van der Waals surface area (Å²) in [6, 6.07) is 0.265. The Hall–Kier alpha value is -1.11.